The maximum Gasteiger partial charge on any atom is 0.297 e. The molecule has 110 valence electrons. The molecule has 4 unspecified atom stereocenters. The average Bonchev–Trinajstić information content (AvgIpc) is 2.94. The fourth-order valence-electron chi connectivity index (χ4n) is 2.55. The van der Waals surface area contributed by atoms with Crippen LogP contribution in [0.25, 0.3) is 0 Å². The Bertz CT molecular complexity index is 603. The lowest BCUT2D eigenvalue weighted by molar-refractivity contribution is 0.0337. The van der Waals surface area contributed by atoms with E-state index in [2.05, 4.69) is 15.9 Å². The van der Waals surface area contributed by atoms with Crippen molar-refractivity contribution < 1.29 is 22.1 Å². The topological polar surface area (TPSA) is 61.8 Å². The number of alkyl halides is 1. The summed E-state index contributed by atoms with van der Waals surface area (Å²) in [6.45, 7) is 2.47. The lowest BCUT2D eigenvalue weighted by Crippen LogP contribution is -2.33. The van der Waals surface area contributed by atoms with Crippen LogP contribution in [-0.4, -0.2) is 44.8 Å². The summed E-state index contributed by atoms with van der Waals surface area (Å²) in [6.07, 6.45) is -1.07. The Balaban J connectivity index is 1.80. The van der Waals surface area contributed by atoms with Gasteiger partial charge in [0.05, 0.1) is 22.9 Å². The second kappa shape index (κ2) is 5.38. The van der Waals surface area contributed by atoms with Crippen molar-refractivity contribution in [2.24, 2.45) is 0 Å². The van der Waals surface area contributed by atoms with Gasteiger partial charge in [-0.25, -0.2) is 0 Å². The van der Waals surface area contributed by atoms with Crippen LogP contribution in [0.15, 0.2) is 29.2 Å². The molecule has 5 nitrogen and oxygen atoms in total. The zero-order chi connectivity index (χ0) is 14.3. The number of hydrogen-bond donors (Lipinski definition) is 0. The molecule has 2 fully saturated rings. The van der Waals surface area contributed by atoms with Crippen molar-refractivity contribution in [1.82, 2.24) is 0 Å². The Labute approximate surface area is 126 Å². The van der Waals surface area contributed by atoms with Gasteiger partial charge in [0.15, 0.2) is 0 Å². The summed E-state index contributed by atoms with van der Waals surface area (Å²) >= 11 is 3.45. The molecule has 0 spiro atoms. The third-order valence-corrected chi connectivity index (χ3v) is 5.84. The van der Waals surface area contributed by atoms with Gasteiger partial charge in [-0.05, 0) is 18.6 Å². The van der Waals surface area contributed by atoms with E-state index in [1.54, 1.807) is 31.2 Å². The van der Waals surface area contributed by atoms with Crippen LogP contribution >= 0.6 is 15.9 Å². The molecule has 0 aromatic heterocycles. The summed E-state index contributed by atoms with van der Waals surface area (Å²) in [5.74, 6) is 0. The van der Waals surface area contributed by atoms with Crippen molar-refractivity contribution in [3.63, 3.8) is 0 Å². The highest BCUT2D eigenvalue weighted by Crippen LogP contribution is 2.34. The molecule has 3 rings (SSSR count). The normalized spacial score (nSPS) is 33.3. The summed E-state index contributed by atoms with van der Waals surface area (Å²) in [5.41, 5.74) is 0.661. The van der Waals surface area contributed by atoms with Crippen LogP contribution in [0.1, 0.15) is 5.56 Å². The molecule has 0 aliphatic carbocycles. The molecule has 2 aliphatic heterocycles. The first kappa shape index (κ1) is 14.5. The van der Waals surface area contributed by atoms with Crippen molar-refractivity contribution in [2.75, 3.05) is 13.2 Å². The molecule has 1 aromatic carbocycles. The lowest BCUT2D eigenvalue weighted by atomic mass is 10.1. The Morgan fingerprint density at radius 3 is 2.65 bits per heavy atom. The largest absolute Gasteiger partial charge is 0.371 e. The van der Waals surface area contributed by atoms with E-state index in [4.69, 9.17) is 13.7 Å². The zero-order valence-corrected chi connectivity index (χ0v) is 13.3. The van der Waals surface area contributed by atoms with Crippen LogP contribution in [0, 0.1) is 6.92 Å². The van der Waals surface area contributed by atoms with Gasteiger partial charge < -0.3 is 9.47 Å². The first-order chi connectivity index (χ1) is 9.49. The van der Waals surface area contributed by atoms with E-state index in [0.29, 0.717) is 12.2 Å². The lowest BCUT2D eigenvalue weighted by Gasteiger charge is -2.17. The van der Waals surface area contributed by atoms with Gasteiger partial charge >= 0.3 is 0 Å². The van der Waals surface area contributed by atoms with Crippen molar-refractivity contribution in [1.29, 1.82) is 0 Å². The minimum atomic E-state index is -3.81. The number of benzene rings is 1. The van der Waals surface area contributed by atoms with E-state index < -0.39 is 16.2 Å². The minimum absolute atomic E-state index is 0.0854. The molecule has 0 N–H and O–H groups in total. The summed E-state index contributed by atoms with van der Waals surface area (Å²) < 4.78 is 41.1. The molecule has 0 radical (unpaired) electrons. The second-order valence-corrected chi connectivity index (χ2v) is 7.68. The molecule has 2 aliphatic rings. The van der Waals surface area contributed by atoms with Crippen LogP contribution < -0.4 is 0 Å². The zero-order valence-electron chi connectivity index (χ0n) is 10.9. The highest BCUT2D eigenvalue weighted by atomic mass is 79.9. The van der Waals surface area contributed by atoms with Gasteiger partial charge in [0.25, 0.3) is 10.1 Å². The Morgan fingerprint density at radius 2 is 1.90 bits per heavy atom. The molecular weight excluding hydrogens is 348 g/mol. The van der Waals surface area contributed by atoms with Crippen molar-refractivity contribution in [3.8, 4) is 0 Å². The Morgan fingerprint density at radius 1 is 1.20 bits per heavy atom. The third kappa shape index (κ3) is 2.53. The van der Waals surface area contributed by atoms with Gasteiger partial charge in [-0.2, -0.15) is 8.42 Å². The molecule has 0 amide bonds. The van der Waals surface area contributed by atoms with E-state index in [1.807, 2.05) is 0 Å². The predicted octanol–water partition coefficient (Wildman–Crippen LogP) is 1.63. The summed E-state index contributed by atoms with van der Waals surface area (Å²) in [5, 5.41) is 0. The highest BCUT2D eigenvalue weighted by molar-refractivity contribution is 9.09. The van der Waals surface area contributed by atoms with Gasteiger partial charge in [0, 0.05) is 0 Å². The quantitative estimate of drug-likeness (QED) is 0.604. The predicted molar refractivity (Wildman–Crippen MR) is 75.4 cm³/mol. The van der Waals surface area contributed by atoms with Crippen LogP contribution in [-0.2, 0) is 23.8 Å². The van der Waals surface area contributed by atoms with Gasteiger partial charge in [-0.1, -0.05) is 34.1 Å². The van der Waals surface area contributed by atoms with Gasteiger partial charge in [-0.15, -0.1) is 0 Å². The highest BCUT2D eigenvalue weighted by Gasteiger charge is 2.49. The van der Waals surface area contributed by atoms with Gasteiger partial charge in [0.1, 0.15) is 18.3 Å². The molecule has 2 saturated heterocycles. The number of rotatable bonds is 3. The Kier molecular flexibility index (Phi) is 3.89. The van der Waals surface area contributed by atoms with Crippen LogP contribution in [0.2, 0.25) is 0 Å². The fourth-order valence-corrected chi connectivity index (χ4v) is 4.46. The SMILES string of the molecule is Cc1ccccc1S(=O)(=O)OC1COC2C(Br)COC12. The summed E-state index contributed by atoms with van der Waals surface area (Å²) in [6, 6.07) is 6.75. The van der Waals surface area contributed by atoms with E-state index in [9.17, 15) is 8.42 Å². The second-order valence-electron chi connectivity index (χ2n) is 4.97. The molecule has 2 heterocycles. The number of ether oxygens (including phenoxy) is 2. The van der Waals surface area contributed by atoms with E-state index in [1.165, 1.54) is 0 Å². The molecule has 0 bridgehead atoms. The smallest absolute Gasteiger partial charge is 0.297 e. The summed E-state index contributed by atoms with van der Waals surface area (Å²) in [4.78, 5) is 0.277. The number of fused-ring (bicyclic) bond motifs is 1. The van der Waals surface area contributed by atoms with E-state index in [0.717, 1.165) is 0 Å². The van der Waals surface area contributed by atoms with Crippen LogP contribution in [0.5, 0.6) is 0 Å². The molecule has 7 heteroatoms. The number of halogens is 1. The summed E-state index contributed by atoms with van der Waals surface area (Å²) in [7, 11) is -3.81. The molecule has 0 saturated carbocycles. The van der Waals surface area contributed by atoms with Gasteiger partial charge in [-0.3, -0.25) is 4.18 Å². The maximum absolute atomic E-state index is 12.3. The third-order valence-electron chi connectivity index (χ3n) is 3.56. The molecule has 4 atom stereocenters. The Hall–Kier alpha value is -0.470. The molecule has 20 heavy (non-hydrogen) atoms. The number of aryl methyl sites for hydroxylation is 1. The first-order valence-corrected chi connectivity index (χ1v) is 8.67. The van der Waals surface area contributed by atoms with Crippen molar-refractivity contribution >= 4 is 26.0 Å². The first-order valence-electron chi connectivity index (χ1n) is 6.35. The standard InChI is InChI=1S/C13H15BrO5S/c1-8-4-2-3-5-11(8)20(15,16)19-10-7-18-12-9(14)6-17-13(10)12/h2-5,9-10,12-13H,6-7H2,1H3. The van der Waals surface area contributed by atoms with Gasteiger partial charge in [0.2, 0.25) is 0 Å². The fraction of sp³-hybridized carbons (Fsp3) is 0.538. The minimum Gasteiger partial charge on any atom is -0.371 e. The number of hydrogen-bond acceptors (Lipinski definition) is 5. The average molecular weight is 363 g/mol. The molecule has 1 aromatic rings. The van der Waals surface area contributed by atoms with Crippen molar-refractivity contribution in [2.45, 2.75) is 35.0 Å². The van der Waals surface area contributed by atoms with E-state index >= 15 is 0 Å². The van der Waals surface area contributed by atoms with Crippen LogP contribution in [0.4, 0.5) is 0 Å². The van der Waals surface area contributed by atoms with E-state index in [-0.39, 0.29) is 28.5 Å². The monoisotopic (exact) mass is 362 g/mol. The van der Waals surface area contributed by atoms with Crippen molar-refractivity contribution in [3.05, 3.63) is 29.8 Å². The molecular formula is C13H15BrO5S. The maximum atomic E-state index is 12.3. The van der Waals surface area contributed by atoms with Crippen LogP contribution in [0.3, 0.4) is 0 Å².